The van der Waals surface area contributed by atoms with E-state index in [0.717, 1.165) is 24.0 Å². The summed E-state index contributed by atoms with van der Waals surface area (Å²) >= 11 is 0. The van der Waals surface area contributed by atoms with Gasteiger partial charge in [-0.15, -0.1) is 0 Å². The van der Waals surface area contributed by atoms with Gasteiger partial charge in [0.05, 0.1) is 4.90 Å². The highest BCUT2D eigenvalue weighted by Gasteiger charge is 2.31. The number of sulfonamides is 1. The molecule has 0 aliphatic carbocycles. The molecule has 2 saturated heterocycles. The molecule has 2 aliphatic rings. The zero-order valence-electron chi connectivity index (χ0n) is 15.0. The number of nitrogens with zero attached hydrogens (tertiary/aromatic N) is 2. The largest absolute Gasteiger partial charge is 0.300 e. The van der Waals surface area contributed by atoms with Crippen molar-refractivity contribution >= 4 is 10.0 Å². The van der Waals surface area contributed by atoms with Gasteiger partial charge in [0.1, 0.15) is 0 Å². The molecule has 0 bridgehead atoms. The fourth-order valence-electron chi connectivity index (χ4n) is 3.93. The molecular formula is C19H30N2O2S. The van der Waals surface area contributed by atoms with Crippen LogP contribution in [-0.2, 0) is 10.0 Å². The second-order valence-electron chi connectivity index (χ2n) is 7.33. The van der Waals surface area contributed by atoms with E-state index in [4.69, 9.17) is 0 Å². The monoisotopic (exact) mass is 350 g/mol. The third-order valence-corrected chi connectivity index (χ3v) is 7.59. The zero-order chi connectivity index (χ0) is 17.2. The predicted molar refractivity (Wildman–Crippen MR) is 97.7 cm³/mol. The van der Waals surface area contributed by atoms with Gasteiger partial charge in [0.15, 0.2) is 0 Å². The second-order valence-corrected chi connectivity index (χ2v) is 9.27. The van der Waals surface area contributed by atoms with E-state index in [0.29, 0.717) is 24.0 Å². The Morgan fingerprint density at radius 1 is 0.875 bits per heavy atom. The summed E-state index contributed by atoms with van der Waals surface area (Å²) in [5.41, 5.74) is 2.17. The van der Waals surface area contributed by atoms with E-state index in [9.17, 15) is 8.42 Å². The summed E-state index contributed by atoms with van der Waals surface area (Å²) < 4.78 is 27.5. The van der Waals surface area contributed by atoms with Crippen molar-refractivity contribution in [3.63, 3.8) is 0 Å². The molecule has 1 aromatic rings. The lowest BCUT2D eigenvalue weighted by Gasteiger charge is -2.37. The predicted octanol–water partition coefficient (Wildman–Crippen LogP) is 3.33. The molecule has 0 radical (unpaired) electrons. The van der Waals surface area contributed by atoms with Gasteiger partial charge in [-0.2, -0.15) is 4.31 Å². The van der Waals surface area contributed by atoms with Crippen LogP contribution in [0.3, 0.4) is 0 Å². The number of rotatable bonds is 3. The third kappa shape index (κ3) is 3.84. The molecule has 0 amide bonds. The van der Waals surface area contributed by atoms with Crippen LogP contribution in [0, 0.1) is 13.8 Å². The molecule has 0 N–H and O–H groups in total. The van der Waals surface area contributed by atoms with E-state index >= 15 is 0 Å². The van der Waals surface area contributed by atoms with Gasteiger partial charge in [0.2, 0.25) is 10.0 Å². The lowest BCUT2D eigenvalue weighted by atomic mass is 10.0. The molecule has 1 aromatic carbocycles. The van der Waals surface area contributed by atoms with Crippen LogP contribution in [-0.4, -0.2) is 49.8 Å². The molecular weight excluding hydrogens is 320 g/mol. The van der Waals surface area contributed by atoms with Crippen molar-refractivity contribution in [1.82, 2.24) is 9.21 Å². The molecule has 4 nitrogen and oxygen atoms in total. The molecule has 134 valence electrons. The molecule has 0 unspecified atom stereocenters. The topological polar surface area (TPSA) is 40.6 Å². The van der Waals surface area contributed by atoms with Crippen LogP contribution in [0.1, 0.15) is 49.7 Å². The Hall–Kier alpha value is -0.910. The number of likely N-dealkylation sites (tertiary alicyclic amines) is 1. The minimum absolute atomic E-state index is 0.443. The van der Waals surface area contributed by atoms with Crippen molar-refractivity contribution in [2.45, 2.75) is 63.3 Å². The summed E-state index contributed by atoms with van der Waals surface area (Å²) in [7, 11) is -3.35. The molecule has 5 heteroatoms. The highest BCUT2D eigenvalue weighted by atomic mass is 32.2. The Morgan fingerprint density at radius 2 is 1.50 bits per heavy atom. The van der Waals surface area contributed by atoms with Gasteiger partial charge in [-0.1, -0.05) is 18.9 Å². The van der Waals surface area contributed by atoms with Crippen molar-refractivity contribution < 1.29 is 8.42 Å². The summed E-state index contributed by atoms with van der Waals surface area (Å²) in [6, 6.07) is 6.03. The Morgan fingerprint density at radius 3 is 2.08 bits per heavy atom. The lowest BCUT2D eigenvalue weighted by Crippen LogP contribution is -2.47. The Bertz CT molecular complexity index is 656. The van der Waals surface area contributed by atoms with Gasteiger partial charge in [-0.05, 0) is 75.9 Å². The van der Waals surface area contributed by atoms with E-state index in [2.05, 4.69) is 4.90 Å². The molecule has 0 saturated carbocycles. The summed E-state index contributed by atoms with van der Waals surface area (Å²) in [6.07, 6.45) is 7.20. The van der Waals surface area contributed by atoms with Crippen LogP contribution in [0.5, 0.6) is 0 Å². The van der Waals surface area contributed by atoms with Gasteiger partial charge in [-0.3, -0.25) is 0 Å². The summed E-state index contributed by atoms with van der Waals surface area (Å²) in [5, 5.41) is 0. The van der Waals surface area contributed by atoms with Crippen molar-refractivity contribution in [1.29, 1.82) is 0 Å². The SMILES string of the molecule is Cc1ccc(S(=O)(=O)N2CCC(N3CCCCCC3)CC2)cc1C. The van der Waals surface area contributed by atoms with E-state index in [1.165, 1.54) is 38.8 Å². The van der Waals surface area contributed by atoms with Gasteiger partial charge in [-0.25, -0.2) is 8.42 Å². The van der Waals surface area contributed by atoms with Gasteiger partial charge in [0.25, 0.3) is 0 Å². The van der Waals surface area contributed by atoms with Crippen molar-refractivity contribution in [2.75, 3.05) is 26.2 Å². The fraction of sp³-hybridized carbons (Fsp3) is 0.684. The molecule has 2 fully saturated rings. The van der Waals surface area contributed by atoms with Crippen LogP contribution in [0.15, 0.2) is 23.1 Å². The smallest absolute Gasteiger partial charge is 0.243 e. The van der Waals surface area contributed by atoms with E-state index in [1.807, 2.05) is 26.0 Å². The number of hydrogen-bond acceptors (Lipinski definition) is 3. The van der Waals surface area contributed by atoms with E-state index in [-0.39, 0.29) is 0 Å². The van der Waals surface area contributed by atoms with Gasteiger partial charge < -0.3 is 4.90 Å². The van der Waals surface area contributed by atoms with Crippen LogP contribution in [0.2, 0.25) is 0 Å². The number of aryl methyl sites for hydroxylation is 2. The van der Waals surface area contributed by atoms with Crippen molar-refractivity contribution in [2.24, 2.45) is 0 Å². The minimum Gasteiger partial charge on any atom is -0.300 e. The standard InChI is InChI=1S/C19H30N2O2S/c1-16-7-8-19(15-17(16)2)24(22,23)21-13-9-18(10-14-21)20-11-5-3-4-6-12-20/h7-8,15,18H,3-6,9-14H2,1-2H3. The molecule has 3 rings (SSSR count). The molecule has 2 heterocycles. The quantitative estimate of drug-likeness (QED) is 0.839. The summed E-state index contributed by atoms with van der Waals surface area (Å²) in [6.45, 7) is 7.66. The number of piperidine rings is 1. The van der Waals surface area contributed by atoms with Gasteiger partial charge >= 0.3 is 0 Å². The first-order valence-electron chi connectivity index (χ1n) is 9.30. The second kappa shape index (κ2) is 7.54. The number of hydrogen-bond donors (Lipinski definition) is 0. The average Bonchev–Trinajstić information content (AvgIpc) is 2.86. The maximum atomic E-state index is 12.9. The molecule has 0 spiro atoms. The Labute approximate surface area is 146 Å². The molecule has 2 aliphatic heterocycles. The van der Waals surface area contributed by atoms with Crippen LogP contribution < -0.4 is 0 Å². The maximum absolute atomic E-state index is 12.9. The molecule has 0 aromatic heterocycles. The lowest BCUT2D eigenvalue weighted by molar-refractivity contribution is 0.144. The molecule has 24 heavy (non-hydrogen) atoms. The summed E-state index contributed by atoms with van der Waals surface area (Å²) in [4.78, 5) is 3.05. The summed E-state index contributed by atoms with van der Waals surface area (Å²) in [5.74, 6) is 0. The highest BCUT2D eigenvalue weighted by Crippen LogP contribution is 2.25. The fourth-order valence-corrected chi connectivity index (χ4v) is 5.49. The van der Waals surface area contributed by atoms with Gasteiger partial charge in [0, 0.05) is 19.1 Å². The number of benzene rings is 1. The van der Waals surface area contributed by atoms with Crippen molar-refractivity contribution in [3.05, 3.63) is 29.3 Å². The van der Waals surface area contributed by atoms with Crippen molar-refractivity contribution in [3.8, 4) is 0 Å². The van der Waals surface area contributed by atoms with Crippen LogP contribution >= 0.6 is 0 Å². The van der Waals surface area contributed by atoms with Crippen LogP contribution in [0.4, 0.5) is 0 Å². The maximum Gasteiger partial charge on any atom is 0.243 e. The first kappa shape index (κ1) is 17.9. The normalized spacial score (nSPS) is 22.4. The van der Waals surface area contributed by atoms with E-state index < -0.39 is 10.0 Å². The molecule has 0 atom stereocenters. The highest BCUT2D eigenvalue weighted by molar-refractivity contribution is 7.89. The first-order valence-corrected chi connectivity index (χ1v) is 10.7. The average molecular weight is 351 g/mol. The van der Waals surface area contributed by atoms with E-state index in [1.54, 1.807) is 10.4 Å². The van der Waals surface area contributed by atoms with Crippen LogP contribution in [0.25, 0.3) is 0 Å². The minimum atomic E-state index is -3.35. The Balaban J connectivity index is 1.65. The Kier molecular flexibility index (Phi) is 5.63. The third-order valence-electron chi connectivity index (χ3n) is 5.70. The first-order chi connectivity index (χ1) is 11.5. The zero-order valence-corrected chi connectivity index (χ0v) is 15.8.